The summed E-state index contributed by atoms with van der Waals surface area (Å²) in [6.45, 7) is 0.580. The van der Waals surface area contributed by atoms with E-state index >= 15 is 0 Å². The number of nitrogens with one attached hydrogen (secondary N) is 1. The number of rotatable bonds is 4. The van der Waals surface area contributed by atoms with Gasteiger partial charge in [0, 0.05) is 23.7 Å². The first-order chi connectivity index (χ1) is 14.8. The summed E-state index contributed by atoms with van der Waals surface area (Å²) in [5.41, 5.74) is 4.04. The molecule has 148 valence electrons. The molecule has 5 rings (SSSR count). The molecule has 0 aliphatic carbocycles. The molecule has 1 atom stereocenters. The van der Waals surface area contributed by atoms with Crippen LogP contribution in [-0.2, 0) is 0 Å². The number of nitrogens with zero attached hydrogens (tertiary/aromatic N) is 2. The SMILES string of the molecule is O=C(NC1CCOc2ccccc21)c1cn(-c2ccccc2)nc1-c1ccccc1. The normalized spacial score (nSPS) is 15.1. The second kappa shape index (κ2) is 7.87. The fourth-order valence-electron chi connectivity index (χ4n) is 3.79. The molecule has 5 nitrogen and oxygen atoms in total. The zero-order chi connectivity index (χ0) is 20.3. The molecule has 0 saturated carbocycles. The monoisotopic (exact) mass is 395 g/mol. The average molecular weight is 395 g/mol. The molecular formula is C25H21N3O2. The Morgan fingerprint density at radius 1 is 0.933 bits per heavy atom. The largest absolute Gasteiger partial charge is 0.493 e. The van der Waals surface area contributed by atoms with Crippen molar-refractivity contribution in [1.29, 1.82) is 0 Å². The van der Waals surface area contributed by atoms with Gasteiger partial charge in [-0.05, 0) is 18.2 Å². The minimum absolute atomic E-state index is 0.0915. The van der Waals surface area contributed by atoms with Crippen LogP contribution in [0.2, 0.25) is 0 Å². The van der Waals surface area contributed by atoms with Gasteiger partial charge < -0.3 is 10.1 Å². The highest BCUT2D eigenvalue weighted by molar-refractivity contribution is 6.00. The maximum atomic E-state index is 13.4. The lowest BCUT2D eigenvalue weighted by atomic mass is 10.00. The van der Waals surface area contributed by atoms with Crippen LogP contribution in [0.1, 0.15) is 28.4 Å². The summed E-state index contributed by atoms with van der Waals surface area (Å²) in [4.78, 5) is 13.4. The van der Waals surface area contributed by atoms with Crippen molar-refractivity contribution in [2.24, 2.45) is 0 Å². The Bertz CT molecular complexity index is 1170. The molecule has 0 bridgehead atoms. The van der Waals surface area contributed by atoms with Crippen molar-refractivity contribution in [1.82, 2.24) is 15.1 Å². The fourth-order valence-corrected chi connectivity index (χ4v) is 3.79. The summed E-state index contributed by atoms with van der Waals surface area (Å²) >= 11 is 0. The van der Waals surface area contributed by atoms with Gasteiger partial charge in [0.25, 0.3) is 5.91 Å². The third-order valence-corrected chi connectivity index (χ3v) is 5.29. The Morgan fingerprint density at radius 2 is 1.63 bits per heavy atom. The predicted molar refractivity (Wildman–Crippen MR) is 116 cm³/mol. The van der Waals surface area contributed by atoms with E-state index in [4.69, 9.17) is 9.84 Å². The molecule has 4 aromatic rings. The van der Waals surface area contributed by atoms with Crippen LogP contribution >= 0.6 is 0 Å². The van der Waals surface area contributed by atoms with E-state index in [0.717, 1.165) is 29.0 Å². The zero-order valence-electron chi connectivity index (χ0n) is 16.4. The van der Waals surface area contributed by atoms with E-state index in [9.17, 15) is 4.79 Å². The molecular weight excluding hydrogens is 374 g/mol. The smallest absolute Gasteiger partial charge is 0.255 e. The lowest BCUT2D eigenvalue weighted by Gasteiger charge is -2.26. The number of hydrogen-bond acceptors (Lipinski definition) is 3. The van der Waals surface area contributed by atoms with Crippen LogP contribution in [0.4, 0.5) is 0 Å². The molecule has 1 aromatic heterocycles. The molecule has 1 aliphatic rings. The molecule has 0 radical (unpaired) electrons. The van der Waals surface area contributed by atoms with Gasteiger partial charge in [-0.2, -0.15) is 5.10 Å². The number of carbonyl (C=O) groups excluding carboxylic acids is 1. The zero-order valence-corrected chi connectivity index (χ0v) is 16.4. The van der Waals surface area contributed by atoms with Crippen LogP contribution in [0, 0.1) is 0 Å². The number of ether oxygens (including phenoxy) is 1. The fraction of sp³-hybridized carbons (Fsp3) is 0.120. The van der Waals surface area contributed by atoms with Crippen LogP contribution in [0.5, 0.6) is 5.75 Å². The predicted octanol–water partition coefficient (Wildman–Crippen LogP) is 4.79. The third-order valence-electron chi connectivity index (χ3n) is 5.29. The number of hydrogen-bond donors (Lipinski definition) is 1. The van der Waals surface area contributed by atoms with Crippen LogP contribution in [-0.4, -0.2) is 22.3 Å². The van der Waals surface area contributed by atoms with E-state index in [0.29, 0.717) is 17.9 Å². The first-order valence-corrected chi connectivity index (χ1v) is 10.0. The second-order valence-electron chi connectivity index (χ2n) is 7.24. The van der Waals surface area contributed by atoms with Crippen molar-refractivity contribution in [2.75, 3.05) is 6.61 Å². The molecule has 1 aliphatic heterocycles. The van der Waals surface area contributed by atoms with Gasteiger partial charge in [0.05, 0.1) is 23.9 Å². The number of para-hydroxylation sites is 2. The van der Waals surface area contributed by atoms with Crippen molar-refractivity contribution in [3.05, 3.63) is 102 Å². The van der Waals surface area contributed by atoms with E-state index in [2.05, 4.69) is 5.32 Å². The van der Waals surface area contributed by atoms with Gasteiger partial charge in [-0.3, -0.25) is 4.79 Å². The molecule has 0 fully saturated rings. The molecule has 1 unspecified atom stereocenters. The van der Waals surface area contributed by atoms with E-state index in [1.807, 2.05) is 84.9 Å². The van der Waals surface area contributed by atoms with Gasteiger partial charge in [-0.25, -0.2) is 4.68 Å². The van der Waals surface area contributed by atoms with Crippen LogP contribution < -0.4 is 10.1 Å². The summed E-state index contributed by atoms with van der Waals surface area (Å²) in [5, 5.41) is 7.93. The molecule has 1 amide bonds. The molecule has 2 heterocycles. The second-order valence-corrected chi connectivity index (χ2v) is 7.24. The lowest BCUT2D eigenvalue weighted by Crippen LogP contribution is -2.32. The summed E-state index contributed by atoms with van der Waals surface area (Å²) in [7, 11) is 0. The lowest BCUT2D eigenvalue weighted by molar-refractivity contribution is 0.0925. The van der Waals surface area contributed by atoms with Crippen LogP contribution in [0.25, 0.3) is 16.9 Å². The van der Waals surface area contributed by atoms with Gasteiger partial charge in [-0.1, -0.05) is 66.7 Å². The summed E-state index contributed by atoms with van der Waals surface area (Å²) in [6, 6.07) is 27.4. The Morgan fingerprint density at radius 3 is 2.43 bits per heavy atom. The van der Waals surface area contributed by atoms with Crippen molar-refractivity contribution in [3.8, 4) is 22.7 Å². The summed E-state index contributed by atoms with van der Waals surface area (Å²) in [5.74, 6) is 0.690. The molecule has 30 heavy (non-hydrogen) atoms. The maximum Gasteiger partial charge on any atom is 0.255 e. The number of amides is 1. The van der Waals surface area contributed by atoms with Gasteiger partial charge in [0.2, 0.25) is 0 Å². The highest BCUT2D eigenvalue weighted by Crippen LogP contribution is 2.32. The maximum absolute atomic E-state index is 13.4. The van der Waals surface area contributed by atoms with Crippen LogP contribution in [0.3, 0.4) is 0 Å². The van der Waals surface area contributed by atoms with Gasteiger partial charge in [-0.15, -0.1) is 0 Å². The van der Waals surface area contributed by atoms with E-state index in [-0.39, 0.29) is 11.9 Å². The molecule has 3 aromatic carbocycles. The van der Waals surface area contributed by atoms with Gasteiger partial charge >= 0.3 is 0 Å². The number of aromatic nitrogens is 2. The van der Waals surface area contributed by atoms with Gasteiger partial charge in [0.1, 0.15) is 11.4 Å². The summed E-state index contributed by atoms with van der Waals surface area (Å²) < 4.78 is 7.49. The number of benzene rings is 3. The van der Waals surface area contributed by atoms with E-state index < -0.39 is 0 Å². The average Bonchev–Trinajstić information content (AvgIpc) is 3.26. The highest BCUT2D eigenvalue weighted by Gasteiger charge is 2.25. The minimum Gasteiger partial charge on any atom is -0.493 e. The van der Waals surface area contributed by atoms with E-state index in [1.54, 1.807) is 10.9 Å². The van der Waals surface area contributed by atoms with Crippen LogP contribution in [0.15, 0.2) is 91.1 Å². The topological polar surface area (TPSA) is 56.1 Å². The Balaban J connectivity index is 1.52. The van der Waals surface area contributed by atoms with E-state index in [1.165, 1.54) is 0 Å². The molecule has 0 spiro atoms. The van der Waals surface area contributed by atoms with Gasteiger partial charge in [0.15, 0.2) is 0 Å². The standard InChI is InChI=1S/C25H21N3O2/c29-25(26-22-15-16-30-23-14-8-7-13-20(22)23)21-17-28(19-11-5-2-6-12-19)27-24(21)18-9-3-1-4-10-18/h1-14,17,22H,15-16H2,(H,26,29). The molecule has 1 N–H and O–H groups in total. The molecule has 0 saturated heterocycles. The number of carbonyl (C=O) groups is 1. The highest BCUT2D eigenvalue weighted by atomic mass is 16.5. The Kier molecular flexibility index (Phi) is 4.77. The first-order valence-electron chi connectivity index (χ1n) is 10.0. The third kappa shape index (κ3) is 3.46. The van der Waals surface area contributed by atoms with Crippen molar-refractivity contribution in [3.63, 3.8) is 0 Å². The number of fused-ring (bicyclic) bond motifs is 1. The summed E-state index contributed by atoms with van der Waals surface area (Å²) in [6.07, 6.45) is 2.54. The minimum atomic E-state index is -0.141. The molecule has 5 heteroatoms. The quantitative estimate of drug-likeness (QED) is 0.540. The van der Waals surface area contributed by atoms with Crippen molar-refractivity contribution < 1.29 is 9.53 Å². The van der Waals surface area contributed by atoms with Crippen molar-refractivity contribution in [2.45, 2.75) is 12.5 Å². The Hall–Kier alpha value is -3.86. The van der Waals surface area contributed by atoms with Crippen molar-refractivity contribution >= 4 is 5.91 Å². The Labute approximate surface area is 174 Å². The first kappa shape index (κ1) is 18.2.